The topological polar surface area (TPSA) is 51.2 Å². The Morgan fingerprint density at radius 1 is 1.00 bits per heavy atom. The second-order valence-electron chi connectivity index (χ2n) is 5.63. The summed E-state index contributed by atoms with van der Waals surface area (Å²) in [7, 11) is 0. The summed E-state index contributed by atoms with van der Waals surface area (Å²) in [6.07, 6.45) is 1.58. The summed E-state index contributed by atoms with van der Waals surface area (Å²) < 4.78 is 5.75. The first kappa shape index (κ1) is 17.0. The van der Waals surface area contributed by atoms with Crippen LogP contribution in [0.3, 0.4) is 0 Å². The Bertz CT molecular complexity index is 888. The Kier molecular flexibility index (Phi) is 5.00. The standard InChI is InChI=1S/C20H17ClN2O2/c1-13-5-3-6-14(2)18(13)23-19(24)17-7-4-12-22-20(17)25-16-10-8-15(21)9-11-16/h3-12H,1-2H3,(H,23,24). The number of nitrogens with one attached hydrogen (secondary N) is 1. The molecule has 0 fully saturated rings. The average Bonchev–Trinajstić information content (AvgIpc) is 2.60. The molecule has 0 saturated heterocycles. The molecule has 1 amide bonds. The van der Waals surface area contributed by atoms with Gasteiger partial charge in [-0.25, -0.2) is 4.98 Å². The van der Waals surface area contributed by atoms with E-state index >= 15 is 0 Å². The number of hydrogen-bond donors (Lipinski definition) is 1. The van der Waals surface area contributed by atoms with E-state index in [-0.39, 0.29) is 11.8 Å². The maximum absolute atomic E-state index is 12.7. The van der Waals surface area contributed by atoms with E-state index < -0.39 is 0 Å². The van der Waals surface area contributed by atoms with Crippen LogP contribution in [-0.2, 0) is 0 Å². The van der Waals surface area contributed by atoms with Gasteiger partial charge in [0.05, 0.1) is 0 Å². The Labute approximate surface area is 151 Å². The molecule has 1 N–H and O–H groups in total. The third-order valence-electron chi connectivity index (χ3n) is 3.76. The molecule has 0 aliphatic rings. The van der Waals surface area contributed by atoms with Gasteiger partial charge in [-0.1, -0.05) is 29.8 Å². The van der Waals surface area contributed by atoms with E-state index in [2.05, 4.69) is 10.3 Å². The number of halogens is 1. The van der Waals surface area contributed by atoms with E-state index in [9.17, 15) is 4.79 Å². The summed E-state index contributed by atoms with van der Waals surface area (Å²) in [5.74, 6) is 0.534. The van der Waals surface area contributed by atoms with Crippen LogP contribution in [0.25, 0.3) is 0 Å². The molecule has 0 spiro atoms. The van der Waals surface area contributed by atoms with E-state index in [0.29, 0.717) is 16.3 Å². The van der Waals surface area contributed by atoms with Crippen molar-refractivity contribution in [2.24, 2.45) is 0 Å². The predicted octanol–water partition coefficient (Wildman–Crippen LogP) is 5.40. The van der Waals surface area contributed by atoms with Crippen molar-refractivity contribution in [3.63, 3.8) is 0 Å². The van der Waals surface area contributed by atoms with Gasteiger partial charge in [-0.05, 0) is 61.4 Å². The minimum absolute atomic E-state index is 0.244. The predicted molar refractivity (Wildman–Crippen MR) is 99.6 cm³/mol. The van der Waals surface area contributed by atoms with Crippen molar-refractivity contribution in [3.8, 4) is 11.6 Å². The maximum atomic E-state index is 12.7. The van der Waals surface area contributed by atoms with Crippen molar-refractivity contribution in [1.82, 2.24) is 4.98 Å². The molecule has 0 atom stereocenters. The van der Waals surface area contributed by atoms with Gasteiger partial charge in [0.25, 0.3) is 5.91 Å². The van der Waals surface area contributed by atoms with Crippen LogP contribution in [0.2, 0.25) is 5.02 Å². The normalized spacial score (nSPS) is 10.4. The lowest BCUT2D eigenvalue weighted by Crippen LogP contribution is -2.15. The molecule has 3 rings (SSSR count). The summed E-state index contributed by atoms with van der Waals surface area (Å²) in [6, 6.07) is 16.1. The fraction of sp³-hybridized carbons (Fsp3) is 0.100. The zero-order chi connectivity index (χ0) is 17.8. The van der Waals surface area contributed by atoms with E-state index in [1.807, 2.05) is 32.0 Å². The van der Waals surface area contributed by atoms with Gasteiger partial charge in [-0.2, -0.15) is 0 Å². The molecule has 0 aliphatic heterocycles. The number of ether oxygens (including phenoxy) is 1. The SMILES string of the molecule is Cc1cccc(C)c1NC(=O)c1cccnc1Oc1ccc(Cl)cc1. The number of para-hydroxylation sites is 1. The molecule has 4 nitrogen and oxygen atoms in total. The number of anilines is 1. The van der Waals surface area contributed by atoms with Crippen LogP contribution in [0.5, 0.6) is 11.6 Å². The Morgan fingerprint density at radius 3 is 2.36 bits per heavy atom. The number of benzene rings is 2. The van der Waals surface area contributed by atoms with E-state index in [1.54, 1.807) is 42.6 Å². The summed E-state index contributed by atoms with van der Waals surface area (Å²) >= 11 is 5.88. The fourth-order valence-corrected chi connectivity index (χ4v) is 2.58. The van der Waals surface area contributed by atoms with Crippen molar-refractivity contribution in [1.29, 1.82) is 0 Å². The van der Waals surface area contributed by atoms with Gasteiger partial charge in [0.15, 0.2) is 0 Å². The molecule has 0 radical (unpaired) electrons. The van der Waals surface area contributed by atoms with Gasteiger partial charge in [-0.3, -0.25) is 4.79 Å². The van der Waals surface area contributed by atoms with Crippen LogP contribution < -0.4 is 10.1 Å². The molecule has 2 aromatic carbocycles. The zero-order valence-electron chi connectivity index (χ0n) is 13.9. The van der Waals surface area contributed by atoms with Crippen LogP contribution in [0, 0.1) is 13.8 Å². The van der Waals surface area contributed by atoms with Crippen molar-refractivity contribution in [2.75, 3.05) is 5.32 Å². The molecule has 126 valence electrons. The minimum Gasteiger partial charge on any atom is -0.438 e. The largest absolute Gasteiger partial charge is 0.438 e. The van der Waals surface area contributed by atoms with E-state index in [0.717, 1.165) is 16.8 Å². The highest BCUT2D eigenvalue weighted by Gasteiger charge is 2.16. The van der Waals surface area contributed by atoms with Gasteiger partial charge in [0, 0.05) is 16.9 Å². The van der Waals surface area contributed by atoms with Crippen LogP contribution in [0.4, 0.5) is 5.69 Å². The number of aromatic nitrogens is 1. The lowest BCUT2D eigenvalue weighted by molar-refractivity contribution is 0.102. The summed E-state index contributed by atoms with van der Waals surface area (Å²) in [5, 5.41) is 3.56. The highest BCUT2D eigenvalue weighted by molar-refractivity contribution is 6.30. The van der Waals surface area contributed by atoms with Crippen molar-refractivity contribution < 1.29 is 9.53 Å². The lowest BCUT2D eigenvalue weighted by atomic mass is 10.1. The summed E-state index contributed by atoms with van der Waals surface area (Å²) in [5.41, 5.74) is 3.16. The molecular weight excluding hydrogens is 336 g/mol. The minimum atomic E-state index is -0.269. The smallest absolute Gasteiger partial charge is 0.261 e. The average molecular weight is 353 g/mol. The van der Waals surface area contributed by atoms with Crippen LogP contribution >= 0.6 is 11.6 Å². The number of carbonyl (C=O) groups excluding carboxylic acids is 1. The Morgan fingerprint density at radius 2 is 1.68 bits per heavy atom. The van der Waals surface area contributed by atoms with Gasteiger partial charge in [0.1, 0.15) is 11.3 Å². The molecule has 0 aliphatic carbocycles. The van der Waals surface area contributed by atoms with Crippen molar-refractivity contribution in [3.05, 3.63) is 82.5 Å². The number of hydrogen-bond acceptors (Lipinski definition) is 3. The lowest BCUT2D eigenvalue weighted by Gasteiger charge is -2.13. The van der Waals surface area contributed by atoms with Gasteiger partial charge >= 0.3 is 0 Å². The summed E-state index contributed by atoms with van der Waals surface area (Å²) in [4.78, 5) is 16.9. The first-order valence-electron chi connectivity index (χ1n) is 7.80. The molecule has 3 aromatic rings. The number of carbonyl (C=O) groups is 1. The highest BCUT2D eigenvalue weighted by atomic mass is 35.5. The van der Waals surface area contributed by atoms with Gasteiger partial charge < -0.3 is 10.1 Å². The van der Waals surface area contributed by atoms with Crippen molar-refractivity contribution >= 4 is 23.2 Å². The third-order valence-corrected chi connectivity index (χ3v) is 4.02. The van der Waals surface area contributed by atoms with Gasteiger partial charge in [0.2, 0.25) is 5.88 Å². The quantitative estimate of drug-likeness (QED) is 0.684. The van der Waals surface area contributed by atoms with Crippen molar-refractivity contribution in [2.45, 2.75) is 13.8 Å². The van der Waals surface area contributed by atoms with Crippen LogP contribution in [-0.4, -0.2) is 10.9 Å². The monoisotopic (exact) mass is 352 g/mol. The zero-order valence-corrected chi connectivity index (χ0v) is 14.7. The van der Waals surface area contributed by atoms with E-state index in [1.165, 1.54) is 0 Å². The number of nitrogens with zero attached hydrogens (tertiary/aromatic N) is 1. The molecule has 0 saturated carbocycles. The molecule has 1 heterocycles. The molecule has 25 heavy (non-hydrogen) atoms. The highest BCUT2D eigenvalue weighted by Crippen LogP contribution is 2.26. The molecule has 0 bridgehead atoms. The number of pyridine rings is 1. The Balaban J connectivity index is 1.87. The number of rotatable bonds is 4. The van der Waals surface area contributed by atoms with Crippen LogP contribution in [0.1, 0.15) is 21.5 Å². The van der Waals surface area contributed by atoms with Gasteiger partial charge in [-0.15, -0.1) is 0 Å². The second kappa shape index (κ2) is 7.36. The summed E-state index contributed by atoms with van der Waals surface area (Å²) in [6.45, 7) is 3.91. The second-order valence-corrected chi connectivity index (χ2v) is 6.07. The molecule has 1 aromatic heterocycles. The first-order chi connectivity index (χ1) is 12.0. The number of amides is 1. The third kappa shape index (κ3) is 3.98. The molecule has 5 heteroatoms. The fourth-order valence-electron chi connectivity index (χ4n) is 2.45. The van der Waals surface area contributed by atoms with E-state index in [4.69, 9.17) is 16.3 Å². The first-order valence-corrected chi connectivity index (χ1v) is 8.18. The Hall–Kier alpha value is -2.85. The molecular formula is C20H17ClN2O2. The van der Waals surface area contributed by atoms with Crippen LogP contribution in [0.15, 0.2) is 60.8 Å². The number of aryl methyl sites for hydroxylation is 2. The molecule has 0 unspecified atom stereocenters. The maximum Gasteiger partial charge on any atom is 0.261 e.